The summed E-state index contributed by atoms with van der Waals surface area (Å²) in [5.41, 5.74) is 2.68. The Balaban J connectivity index is 1.32. The Bertz CT molecular complexity index is 1020. The minimum absolute atomic E-state index is 0.0105. The van der Waals surface area contributed by atoms with Gasteiger partial charge in [-0.25, -0.2) is 0 Å². The van der Waals surface area contributed by atoms with Gasteiger partial charge in [0, 0.05) is 37.3 Å². The molecule has 1 atom stereocenters. The van der Waals surface area contributed by atoms with Crippen molar-refractivity contribution >= 4 is 23.4 Å². The average molecular weight is 425 g/mol. The third-order valence-corrected chi connectivity index (χ3v) is 5.91. The second kappa shape index (κ2) is 8.41. The number of amides is 3. The summed E-state index contributed by atoms with van der Waals surface area (Å²) < 4.78 is 1.85. The first-order valence-electron chi connectivity index (χ1n) is 10.6. The number of likely N-dealkylation sites (tertiary alicyclic amines) is 1. The minimum Gasteiger partial charge on any atom is -0.362 e. The van der Waals surface area contributed by atoms with Crippen molar-refractivity contribution in [2.24, 2.45) is 0 Å². The fraction of sp³-hybridized carbons (Fsp3) is 0.455. The minimum atomic E-state index is -0.679. The number of carbonyl (C=O) groups excluding carboxylic acids is 3. The first kappa shape index (κ1) is 20.9. The summed E-state index contributed by atoms with van der Waals surface area (Å²) in [7, 11) is 0. The largest absolute Gasteiger partial charge is 0.362 e. The van der Waals surface area contributed by atoms with Crippen LogP contribution in [0.5, 0.6) is 0 Å². The molecule has 164 valence electrons. The van der Waals surface area contributed by atoms with Crippen LogP contribution >= 0.6 is 0 Å². The zero-order chi connectivity index (χ0) is 22.0. The molecule has 4 rings (SSSR count). The van der Waals surface area contributed by atoms with Gasteiger partial charge in [0.15, 0.2) is 0 Å². The van der Waals surface area contributed by atoms with Crippen molar-refractivity contribution in [2.45, 2.75) is 45.3 Å². The molecule has 0 bridgehead atoms. The zero-order valence-electron chi connectivity index (χ0n) is 17.9. The van der Waals surface area contributed by atoms with E-state index in [1.54, 1.807) is 11.0 Å². The maximum absolute atomic E-state index is 12.6. The Morgan fingerprint density at radius 2 is 2.00 bits per heavy atom. The Morgan fingerprint density at radius 3 is 2.77 bits per heavy atom. The van der Waals surface area contributed by atoms with Crippen LogP contribution in [0.2, 0.25) is 0 Å². The standard InChI is InChI=1S/C22H28N6O3/c1-15-13-16(2)28(26-15)12-10-23-19(29)14-27-11-9-22(8-7-20(27)30)24-18-6-4-3-5-17(18)21(31)25-22/h3-6,13,24H,7-12,14H2,1-2H3,(H,23,29)(H,25,31). The molecule has 9 nitrogen and oxygen atoms in total. The van der Waals surface area contributed by atoms with Gasteiger partial charge < -0.3 is 20.9 Å². The first-order chi connectivity index (χ1) is 14.8. The molecule has 31 heavy (non-hydrogen) atoms. The lowest BCUT2D eigenvalue weighted by Crippen LogP contribution is -2.58. The zero-order valence-corrected chi connectivity index (χ0v) is 17.9. The monoisotopic (exact) mass is 424 g/mol. The van der Waals surface area contributed by atoms with Crippen molar-refractivity contribution in [1.82, 2.24) is 25.3 Å². The number of para-hydroxylation sites is 1. The van der Waals surface area contributed by atoms with E-state index in [2.05, 4.69) is 21.0 Å². The van der Waals surface area contributed by atoms with E-state index in [1.807, 2.05) is 42.8 Å². The van der Waals surface area contributed by atoms with Crippen molar-refractivity contribution < 1.29 is 14.4 Å². The smallest absolute Gasteiger partial charge is 0.255 e. The van der Waals surface area contributed by atoms with Crippen LogP contribution in [-0.2, 0) is 16.1 Å². The molecule has 1 unspecified atom stereocenters. The quantitative estimate of drug-likeness (QED) is 0.668. The number of carbonyl (C=O) groups is 3. The second-order valence-electron chi connectivity index (χ2n) is 8.27. The van der Waals surface area contributed by atoms with E-state index < -0.39 is 5.66 Å². The number of benzene rings is 1. The fourth-order valence-electron chi connectivity index (χ4n) is 4.27. The number of aromatic nitrogens is 2. The average Bonchev–Trinajstić information content (AvgIpc) is 2.98. The molecule has 9 heteroatoms. The SMILES string of the molecule is Cc1cc(C)n(CCNC(=O)CN2CCC3(CCC2=O)NC(=O)c2ccccc2N3)n1. The lowest BCUT2D eigenvalue weighted by Gasteiger charge is -2.39. The van der Waals surface area contributed by atoms with E-state index in [4.69, 9.17) is 0 Å². The van der Waals surface area contributed by atoms with Gasteiger partial charge in [-0.05, 0) is 38.5 Å². The van der Waals surface area contributed by atoms with Gasteiger partial charge in [-0.1, -0.05) is 12.1 Å². The lowest BCUT2D eigenvalue weighted by molar-refractivity contribution is -0.135. The summed E-state index contributed by atoms with van der Waals surface area (Å²) >= 11 is 0. The number of fused-ring (bicyclic) bond motifs is 1. The van der Waals surface area contributed by atoms with Crippen molar-refractivity contribution in [3.63, 3.8) is 0 Å². The molecule has 0 radical (unpaired) electrons. The van der Waals surface area contributed by atoms with E-state index in [1.165, 1.54) is 0 Å². The summed E-state index contributed by atoms with van der Waals surface area (Å²) in [5.74, 6) is -0.422. The topological polar surface area (TPSA) is 108 Å². The van der Waals surface area contributed by atoms with Crippen molar-refractivity contribution in [1.29, 1.82) is 0 Å². The molecule has 3 N–H and O–H groups in total. The Hall–Kier alpha value is -3.36. The number of rotatable bonds is 5. The van der Waals surface area contributed by atoms with E-state index in [0.717, 1.165) is 17.1 Å². The number of anilines is 1. The molecular formula is C22H28N6O3. The second-order valence-corrected chi connectivity index (χ2v) is 8.27. The third-order valence-electron chi connectivity index (χ3n) is 5.91. The summed E-state index contributed by atoms with van der Waals surface area (Å²) in [4.78, 5) is 39.2. The summed E-state index contributed by atoms with van der Waals surface area (Å²) in [6, 6.07) is 9.34. The predicted octanol–water partition coefficient (Wildman–Crippen LogP) is 1.18. The molecule has 3 heterocycles. The molecule has 1 spiro atoms. The maximum atomic E-state index is 12.6. The van der Waals surface area contributed by atoms with Gasteiger partial charge in [0.25, 0.3) is 5.91 Å². The van der Waals surface area contributed by atoms with Gasteiger partial charge in [0.1, 0.15) is 5.66 Å². The molecule has 1 aromatic heterocycles. The highest BCUT2D eigenvalue weighted by Crippen LogP contribution is 2.31. The van der Waals surface area contributed by atoms with Crippen LogP contribution in [0, 0.1) is 13.8 Å². The highest BCUT2D eigenvalue weighted by Gasteiger charge is 2.40. The number of hydrogen-bond donors (Lipinski definition) is 3. The molecule has 2 aromatic rings. The van der Waals surface area contributed by atoms with Crippen LogP contribution in [-0.4, -0.2) is 57.7 Å². The van der Waals surface area contributed by atoms with Crippen molar-refractivity contribution in [3.8, 4) is 0 Å². The van der Waals surface area contributed by atoms with Gasteiger partial charge in [-0.3, -0.25) is 19.1 Å². The number of nitrogens with zero attached hydrogens (tertiary/aromatic N) is 3. The highest BCUT2D eigenvalue weighted by molar-refractivity contribution is 6.02. The first-order valence-corrected chi connectivity index (χ1v) is 10.6. The summed E-state index contributed by atoms with van der Waals surface area (Å²) in [6.45, 7) is 5.33. The predicted molar refractivity (Wildman–Crippen MR) is 115 cm³/mol. The van der Waals surface area contributed by atoms with E-state index in [9.17, 15) is 14.4 Å². The normalized spacial score (nSPS) is 20.6. The van der Waals surface area contributed by atoms with Gasteiger partial charge in [-0.15, -0.1) is 0 Å². The Kier molecular flexibility index (Phi) is 5.67. The molecule has 0 saturated carbocycles. The van der Waals surface area contributed by atoms with Crippen LogP contribution in [0.1, 0.15) is 41.0 Å². The molecule has 1 saturated heterocycles. The lowest BCUT2D eigenvalue weighted by atomic mass is 9.95. The Morgan fingerprint density at radius 1 is 1.19 bits per heavy atom. The highest BCUT2D eigenvalue weighted by atomic mass is 16.2. The number of nitrogens with one attached hydrogen (secondary N) is 3. The van der Waals surface area contributed by atoms with Crippen LogP contribution < -0.4 is 16.0 Å². The molecule has 2 aliphatic heterocycles. The van der Waals surface area contributed by atoms with E-state index >= 15 is 0 Å². The molecule has 2 aliphatic rings. The maximum Gasteiger partial charge on any atom is 0.255 e. The van der Waals surface area contributed by atoms with Crippen LogP contribution in [0.4, 0.5) is 5.69 Å². The van der Waals surface area contributed by atoms with Gasteiger partial charge in [0.05, 0.1) is 24.3 Å². The number of aryl methyl sites for hydroxylation is 2. The van der Waals surface area contributed by atoms with Gasteiger partial charge in [0.2, 0.25) is 11.8 Å². The van der Waals surface area contributed by atoms with Crippen LogP contribution in [0.3, 0.4) is 0 Å². The third kappa shape index (κ3) is 4.55. The fourth-order valence-corrected chi connectivity index (χ4v) is 4.27. The molecule has 1 aromatic carbocycles. The number of hydrogen-bond acceptors (Lipinski definition) is 5. The van der Waals surface area contributed by atoms with E-state index in [0.29, 0.717) is 38.0 Å². The van der Waals surface area contributed by atoms with E-state index in [-0.39, 0.29) is 30.7 Å². The van der Waals surface area contributed by atoms with Crippen molar-refractivity contribution in [3.05, 3.63) is 47.3 Å². The molecule has 3 amide bonds. The van der Waals surface area contributed by atoms with Gasteiger partial charge in [-0.2, -0.15) is 5.10 Å². The molecule has 0 aliphatic carbocycles. The summed E-state index contributed by atoms with van der Waals surface area (Å²) in [5, 5.41) is 13.7. The molecular weight excluding hydrogens is 396 g/mol. The molecule has 1 fully saturated rings. The van der Waals surface area contributed by atoms with Gasteiger partial charge >= 0.3 is 0 Å². The van der Waals surface area contributed by atoms with Crippen LogP contribution in [0.15, 0.2) is 30.3 Å². The Labute approximate surface area is 181 Å². The summed E-state index contributed by atoms with van der Waals surface area (Å²) in [6.07, 6.45) is 1.26. The van der Waals surface area contributed by atoms with Crippen molar-refractivity contribution in [2.75, 3.05) is 25.0 Å². The van der Waals surface area contributed by atoms with Crippen LogP contribution in [0.25, 0.3) is 0 Å².